The second-order valence-corrected chi connectivity index (χ2v) is 4.03. The van der Waals surface area contributed by atoms with Crippen LogP contribution in [0, 0.1) is 0 Å². The van der Waals surface area contributed by atoms with Crippen molar-refractivity contribution in [3.8, 4) is 0 Å². The Bertz CT molecular complexity index is 483. The molecule has 1 aromatic rings. The number of hydrogen-bond donors (Lipinski definition) is 1. The highest BCUT2D eigenvalue weighted by atomic mass is 19.4. The molecule has 4 nitrogen and oxygen atoms in total. The molecule has 1 amide bonds. The molecule has 0 saturated carbocycles. The lowest BCUT2D eigenvalue weighted by atomic mass is 10.1. The maximum atomic E-state index is 12.4. The van der Waals surface area contributed by atoms with Gasteiger partial charge in [-0.25, -0.2) is 4.79 Å². The van der Waals surface area contributed by atoms with Gasteiger partial charge in [0.15, 0.2) is 0 Å². The zero-order valence-corrected chi connectivity index (χ0v) is 11.0. The highest BCUT2D eigenvalue weighted by Gasteiger charge is 2.30. The van der Waals surface area contributed by atoms with E-state index in [1.54, 1.807) is 6.92 Å². The third-order valence-corrected chi connectivity index (χ3v) is 2.67. The number of alkyl halides is 3. The minimum absolute atomic E-state index is 0.0420. The lowest BCUT2D eigenvalue weighted by molar-refractivity contribution is -0.143. The average molecular weight is 289 g/mol. The molecule has 0 unspecified atom stereocenters. The third kappa shape index (κ3) is 3.97. The van der Waals surface area contributed by atoms with Gasteiger partial charge < -0.3 is 10.1 Å². The predicted octanol–water partition coefficient (Wildman–Crippen LogP) is 2.39. The number of ether oxygens (including phenoxy) is 1. The Morgan fingerprint density at radius 3 is 2.20 bits per heavy atom. The molecule has 0 heterocycles. The first kappa shape index (κ1) is 16.0. The van der Waals surface area contributed by atoms with Crippen molar-refractivity contribution in [1.29, 1.82) is 0 Å². The van der Waals surface area contributed by atoms with Gasteiger partial charge in [-0.05, 0) is 30.7 Å². The number of rotatable bonds is 4. The van der Waals surface area contributed by atoms with E-state index in [4.69, 9.17) is 0 Å². The largest absolute Gasteiger partial charge is 0.467 e. The first-order chi connectivity index (χ1) is 9.29. The zero-order chi connectivity index (χ0) is 15.3. The molecule has 0 aliphatic carbocycles. The second kappa shape index (κ2) is 6.40. The molecular weight excluding hydrogens is 275 g/mol. The summed E-state index contributed by atoms with van der Waals surface area (Å²) in [4.78, 5) is 23.1. The van der Waals surface area contributed by atoms with Gasteiger partial charge in [-0.3, -0.25) is 4.79 Å². The van der Waals surface area contributed by atoms with E-state index in [1.807, 2.05) is 0 Å². The number of halogens is 3. The number of benzene rings is 1. The van der Waals surface area contributed by atoms with Gasteiger partial charge in [0.2, 0.25) is 0 Å². The summed E-state index contributed by atoms with van der Waals surface area (Å²) in [5.41, 5.74) is -0.797. The van der Waals surface area contributed by atoms with Crippen molar-refractivity contribution in [2.45, 2.75) is 25.6 Å². The van der Waals surface area contributed by atoms with Gasteiger partial charge in [0, 0.05) is 5.56 Å². The number of amides is 1. The highest BCUT2D eigenvalue weighted by Crippen LogP contribution is 2.29. The molecule has 0 bridgehead atoms. The van der Waals surface area contributed by atoms with Crippen LogP contribution in [-0.2, 0) is 15.7 Å². The highest BCUT2D eigenvalue weighted by molar-refractivity contribution is 5.96. The van der Waals surface area contributed by atoms with Gasteiger partial charge in [-0.2, -0.15) is 13.2 Å². The maximum Gasteiger partial charge on any atom is 0.416 e. The molecular formula is C13H14F3NO3. The Kier molecular flexibility index (Phi) is 5.12. The van der Waals surface area contributed by atoms with Gasteiger partial charge >= 0.3 is 12.1 Å². The molecule has 1 aromatic carbocycles. The fraction of sp³-hybridized carbons (Fsp3) is 0.385. The molecule has 0 spiro atoms. The lowest BCUT2D eigenvalue weighted by Gasteiger charge is -2.14. The molecule has 0 aliphatic rings. The van der Waals surface area contributed by atoms with Crippen LogP contribution in [0.4, 0.5) is 13.2 Å². The van der Waals surface area contributed by atoms with Gasteiger partial charge in [-0.15, -0.1) is 0 Å². The van der Waals surface area contributed by atoms with Gasteiger partial charge in [0.05, 0.1) is 12.7 Å². The number of carbonyl (C=O) groups is 2. The molecule has 110 valence electrons. The predicted molar refractivity (Wildman–Crippen MR) is 65.0 cm³/mol. The summed E-state index contributed by atoms with van der Waals surface area (Å²) in [5, 5.41) is 2.40. The first-order valence-electron chi connectivity index (χ1n) is 5.85. The van der Waals surface area contributed by atoms with Crippen LogP contribution in [0.2, 0.25) is 0 Å². The monoisotopic (exact) mass is 289 g/mol. The van der Waals surface area contributed by atoms with E-state index >= 15 is 0 Å². The van der Waals surface area contributed by atoms with Crippen LogP contribution in [-0.4, -0.2) is 25.0 Å². The van der Waals surface area contributed by atoms with E-state index < -0.39 is 29.7 Å². The number of esters is 1. The number of methoxy groups -OCH3 is 1. The Morgan fingerprint density at radius 1 is 1.25 bits per heavy atom. The first-order valence-corrected chi connectivity index (χ1v) is 5.85. The summed E-state index contributed by atoms with van der Waals surface area (Å²) >= 11 is 0. The van der Waals surface area contributed by atoms with Crippen LogP contribution in [0.3, 0.4) is 0 Å². The zero-order valence-electron chi connectivity index (χ0n) is 11.0. The van der Waals surface area contributed by atoms with Crippen molar-refractivity contribution in [2.75, 3.05) is 7.11 Å². The van der Waals surface area contributed by atoms with Crippen molar-refractivity contribution < 1.29 is 27.5 Å². The summed E-state index contributed by atoms with van der Waals surface area (Å²) in [6.45, 7) is 1.68. The van der Waals surface area contributed by atoms with Crippen LogP contribution in [0.25, 0.3) is 0 Å². The van der Waals surface area contributed by atoms with Crippen molar-refractivity contribution in [3.05, 3.63) is 35.4 Å². The van der Waals surface area contributed by atoms with Gasteiger partial charge in [0.1, 0.15) is 6.04 Å². The lowest BCUT2D eigenvalue weighted by Crippen LogP contribution is -2.41. The average Bonchev–Trinajstić information content (AvgIpc) is 2.42. The second-order valence-electron chi connectivity index (χ2n) is 4.03. The number of hydrogen-bond acceptors (Lipinski definition) is 3. The van der Waals surface area contributed by atoms with Crippen molar-refractivity contribution >= 4 is 11.9 Å². The smallest absolute Gasteiger partial charge is 0.416 e. The summed E-state index contributed by atoms with van der Waals surface area (Å²) in [7, 11) is 1.19. The molecule has 0 aliphatic heterocycles. The van der Waals surface area contributed by atoms with Crippen LogP contribution >= 0.6 is 0 Å². The molecule has 1 atom stereocenters. The third-order valence-electron chi connectivity index (χ3n) is 2.67. The van der Waals surface area contributed by atoms with Gasteiger partial charge in [-0.1, -0.05) is 6.92 Å². The Labute approximate surface area is 113 Å². The SMILES string of the molecule is CC[C@H](NC(=O)c1ccc(C(F)(F)F)cc1)C(=O)OC. The molecule has 7 heteroatoms. The maximum absolute atomic E-state index is 12.4. The molecule has 0 aromatic heterocycles. The fourth-order valence-corrected chi connectivity index (χ4v) is 1.52. The Morgan fingerprint density at radius 2 is 1.80 bits per heavy atom. The van der Waals surface area contributed by atoms with Crippen molar-refractivity contribution in [1.82, 2.24) is 5.32 Å². The van der Waals surface area contributed by atoms with E-state index in [-0.39, 0.29) is 5.56 Å². The standard InChI is InChI=1S/C13H14F3NO3/c1-3-10(12(19)20-2)17-11(18)8-4-6-9(7-5-8)13(14,15)16/h4-7,10H,3H2,1-2H3,(H,17,18)/t10-/m0/s1. The fourth-order valence-electron chi connectivity index (χ4n) is 1.52. The molecule has 0 saturated heterocycles. The van der Waals surface area contributed by atoms with Crippen molar-refractivity contribution in [2.24, 2.45) is 0 Å². The minimum atomic E-state index is -4.45. The van der Waals surface area contributed by atoms with Crippen molar-refractivity contribution in [3.63, 3.8) is 0 Å². The van der Waals surface area contributed by atoms with Crippen LogP contribution in [0.15, 0.2) is 24.3 Å². The normalized spacial score (nSPS) is 12.7. The van der Waals surface area contributed by atoms with E-state index in [1.165, 1.54) is 7.11 Å². The Hall–Kier alpha value is -2.05. The number of carbonyl (C=O) groups excluding carboxylic acids is 2. The van der Waals surface area contributed by atoms with Gasteiger partial charge in [0.25, 0.3) is 5.91 Å². The van der Waals surface area contributed by atoms with E-state index in [2.05, 4.69) is 10.1 Å². The van der Waals surface area contributed by atoms with E-state index in [0.717, 1.165) is 24.3 Å². The molecule has 20 heavy (non-hydrogen) atoms. The van der Waals surface area contributed by atoms with Crippen LogP contribution in [0.1, 0.15) is 29.3 Å². The topological polar surface area (TPSA) is 55.4 Å². The molecule has 1 N–H and O–H groups in total. The quantitative estimate of drug-likeness (QED) is 0.866. The molecule has 0 radical (unpaired) electrons. The summed E-state index contributed by atoms with van der Waals surface area (Å²) in [6.07, 6.45) is -4.13. The van der Waals surface area contributed by atoms with Crippen LogP contribution < -0.4 is 5.32 Å². The van der Waals surface area contributed by atoms with E-state index in [9.17, 15) is 22.8 Å². The molecule has 0 fully saturated rings. The Balaban J connectivity index is 2.80. The van der Waals surface area contributed by atoms with E-state index in [0.29, 0.717) is 6.42 Å². The summed E-state index contributed by atoms with van der Waals surface area (Å²) in [6, 6.07) is 2.92. The summed E-state index contributed by atoms with van der Waals surface area (Å²) in [5.74, 6) is -1.23. The molecule has 1 rings (SSSR count). The van der Waals surface area contributed by atoms with Crippen LogP contribution in [0.5, 0.6) is 0 Å². The summed E-state index contributed by atoms with van der Waals surface area (Å²) < 4.78 is 41.6. The minimum Gasteiger partial charge on any atom is -0.467 e. The number of nitrogens with one attached hydrogen (secondary N) is 1.